The minimum Gasteiger partial charge on any atom is -0.207 e. The lowest BCUT2D eigenvalue weighted by molar-refractivity contribution is 0.625. The van der Waals surface area contributed by atoms with Crippen LogP contribution in [-0.2, 0) is 6.42 Å². The fourth-order valence-electron chi connectivity index (χ4n) is 1.21. The predicted molar refractivity (Wildman–Crippen MR) is 54.5 cm³/mol. The Bertz CT molecular complexity index is 318. The van der Waals surface area contributed by atoms with Gasteiger partial charge in [0.2, 0.25) is 0 Å². The quantitative estimate of drug-likeness (QED) is 0.693. The Morgan fingerprint density at radius 1 is 1.54 bits per heavy atom. The van der Waals surface area contributed by atoms with Crippen LogP contribution < -0.4 is 0 Å². The molecule has 1 aromatic carbocycles. The molecule has 0 amide bonds. The summed E-state index contributed by atoms with van der Waals surface area (Å²) in [5, 5.41) is 0.642. The summed E-state index contributed by atoms with van der Waals surface area (Å²) >= 11 is 5.64. The van der Waals surface area contributed by atoms with Crippen molar-refractivity contribution in [1.82, 2.24) is 0 Å². The van der Waals surface area contributed by atoms with Gasteiger partial charge < -0.3 is 0 Å². The van der Waals surface area contributed by atoms with Gasteiger partial charge in [0.15, 0.2) is 0 Å². The van der Waals surface area contributed by atoms with Crippen LogP contribution in [0.3, 0.4) is 0 Å². The maximum absolute atomic E-state index is 12.7. The summed E-state index contributed by atoms with van der Waals surface area (Å²) in [6, 6.07) is 4.80. The van der Waals surface area contributed by atoms with E-state index in [1.807, 2.05) is 6.92 Å². The first kappa shape index (κ1) is 10.3. The Balaban J connectivity index is 2.72. The van der Waals surface area contributed by atoms with Crippen LogP contribution in [0, 0.1) is 12.7 Å². The highest BCUT2D eigenvalue weighted by Crippen LogP contribution is 2.15. The standard InChI is InChI=1S/C11H12ClF/c1-8-7-11(13)6-5-10(8)4-3-9(2)12/h5-7H,2-4H2,1H3. The van der Waals surface area contributed by atoms with E-state index in [4.69, 9.17) is 11.6 Å². The van der Waals surface area contributed by atoms with Gasteiger partial charge in [-0.15, -0.1) is 0 Å². The molecule has 2 heteroatoms. The highest BCUT2D eigenvalue weighted by molar-refractivity contribution is 6.29. The van der Waals surface area contributed by atoms with Crippen molar-refractivity contribution in [3.63, 3.8) is 0 Å². The normalized spacial score (nSPS) is 10.1. The van der Waals surface area contributed by atoms with Crippen LogP contribution in [0.5, 0.6) is 0 Å². The number of hydrogen-bond donors (Lipinski definition) is 0. The minimum atomic E-state index is -0.189. The van der Waals surface area contributed by atoms with Gasteiger partial charge in [-0.05, 0) is 43.0 Å². The van der Waals surface area contributed by atoms with E-state index in [0.29, 0.717) is 5.03 Å². The van der Waals surface area contributed by atoms with Crippen LogP contribution in [0.25, 0.3) is 0 Å². The molecule has 0 bridgehead atoms. The Morgan fingerprint density at radius 3 is 2.77 bits per heavy atom. The Kier molecular flexibility index (Phi) is 3.49. The van der Waals surface area contributed by atoms with E-state index in [2.05, 4.69) is 6.58 Å². The molecule has 0 atom stereocenters. The Hall–Kier alpha value is -0.820. The molecule has 0 N–H and O–H groups in total. The largest absolute Gasteiger partial charge is 0.207 e. The molecule has 0 saturated heterocycles. The van der Waals surface area contributed by atoms with E-state index in [1.54, 1.807) is 6.07 Å². The summed E-state index contributed by atoms with van der Waals surface area (Å²) in [5.41, 5.74) is 2.10. The van der Waals surface area contributed by atoms with Gasteiger partial charge in [-0.25, -0.2) is 4.39 Å². The second-order valence-electron chi connectivity index (χ2n) is 3.09. The molecule has 0 unspecified atom stereocenters. The topological polar surface area (TPSA) is 0 Å². The van der Waals surface area contributed by atoms with E-state index in [-0.39, 0.29) is 5.82 Å². The molecular weight excluding hydrogens is 187 g/mol. The summed E-state index contributed by atoms with van der Waals surface area (Å²) in [4.78, 5) is 0. The van der Waals surface area contributed by atoms with E-state index in [0.717, 1.165) is 24.0 Å². The first-order valence-electron chi connectivity index (χ1n) is 4.18. The van der Waals surface area contributed by atoms with Gasteiger partial charge in [0.05, 0.1) is 0 Å². The molecule has 0 aliphatic carbocycles. The van der Waals surface area contributed by atoms with Gasteiger partial charge in [0, 0.05) is 5.03 Å². The zero-order valence-corrected chi connectivity index (χ0v) is 8.37. The monoisotopic (exact) mass is 198 g/mol. The molecule has 0 fully saturated rings. The molecule has 0 aliphatic heterocycles. The number of benzene rings is 1. The molecular formula is C11H12ClF. The molecule has 0 aliphatic rings. The third-order valence-electron chi connectivity index (χ3n) is 1.97. The van der Waals surface area contributed by atoms with Crippen LogP contribution in [-0.4, -0.2) is 0 Å². The fraction of sp³-hybridized carbons (Fsp3) is 0.273. The first-order valence-corrected chi connectivity index (χ1v) is 4.55. The lowest BCUT2D eigenvalue weighted by atomic mass is 10.0. The molecule has 0 spiro atoms. The maximum atomic E-state index is 12.7. The maximum Gasteiger partial charge on any atom is 0.123 e. The summed E-state index contributed by atoms with van der Waals surface area (Å²) in [6.07, 6.45) is 1.57. The van der Waals surface area contributed by atoms with Crippen molar-refractivity contribution >= 4 is 11.6 Å². The highest BCUT2D eigenvalue weighted by atomic mass is 35.5. The van der Waals surface area contributed by atoms with Crippen LogP contribution in [0.2, 0.25) is 0 Å². The Morgan fingerprint density at radius 2 is 2.23 bits per heavy atom. The second kappa shape index (κ2) is 4.43. The number of aryl methyl sites for hydroxylation is 2. The lowest BCUT2D eigenvalue weighted by Crippen LogP contribution is -1.90. The highest BCUT2D eigenvalue weighted by Gasteiger charge is 2.00. The van der Waals surface area contributed by atoms with Gasteiger partial charge >= 0.3 is 0 Å². The van der Waals surface area contributed by atoms with E-state index in [1.165, 1.54) is 12.1 Å². The van der Waals surface area contributed by atoms with Gasteiger partial charge in [0.1, 0.15) is 5.82 Å². The van der Waals surface area contributed by atoms with Gasteiger partial charge in [-0.2, -0.15) is 0 Å². The van der Waals surface area contributed by atoms with Gasteiger partial charge in [-0.1, -0.05) is 24.2 Å². The minimum absolute atomic E-state index is 0.189. The average Bonchev–Trinajstić information content (AvgIpc) is 2.02. The first-order chi connectivity index (χ1) is 6.09. The number of allylic oxidation sites excluding steroid dienone is 1. The third kappa shape index (κ3) is 3.19. The molecule has 0 nitrogen and oxygen atoms in total. The lowest BCUT2D eigenvalue weighted by Gasteiger charge is -2.04. The van der Waals surface area contributed by atoms with Crippen molar-refractivity contribution in [2.24, 2.45) is 0 Å². The molecule has 1 rings (SSSR count). The predicted octanol–water partition coefficient (Wildman–Crippen LogP) is 3.82. The van der Waals surface area contributed by atoms with Crippen molar-refractivity contribution < 1.29 is 4.39 Å². The van der Waals surface area contributed by atoms with Crippen molar-refractivity contribution in [2.75, 3.05) is 0 Å². The van der Waals surface area contributed by atoms with Crippen LogP contribution in [0.1, 0.15) is 17.5 Å². The molecule has 0 saturated carbocycles. The SMILES string of the molecule is C=C(Cl)CCc1ccc(F)cc1C. The van der Waals surface area contributed by atoms with E-state index in [9.17, 15) is 4.39 Å². The van der Waals surface area contributed by atoms with Gasteiger partial charge in [-0.3, -0.25) is 0 Å². The van der Waals surface area contributed by atoms with Crippen molar-refractivity contribution in [3.8, 4) is 0 Å². The average molecular weight is 199 g/mol. The molecule has 0 heterocycles. The zero-order valence-electron chi connectivity index (χ0n) is 7.61. The number of hydrogen-bond acceptors (Lipinski definition) is 0. The smallest absolute Gasteiger partial charge is 0.123 e. The van der Waals surface area contributed by atoms with E-state index < -0.39 is 0 Å². The Labute approximate surface area is 83.0 Å². The van der Waals surface area contributed by atoms with Gasteiger partial charge in [0.25, 0.3) is 0 Å². The van der Waals surface area contributed by atoms with Crippen LogP contribution in [0.4, 0.5) is 4.39 Å². The van der Waals surface area contributed by atoms with Crippen molar-refractivity contribution in [1.29, 1.82) is 0 Å². The van der Waals surface area contributed by atoms with E-state index >= 15 is 0 Å². The number of halogens is 2. The van der Waals surface area contributed by atoms with Crippen LogP contribution in [0.15, 0.2) is 29.8 Å². The molecule has 1 aromatic rings. The fourth-order valence-corrected chi connectivity index (χ4v) is 1.30. The number of rotatable bonds is 3. The molecule has 70 valence electrons. The molecule has 13 heavy (non-hydrogen) atoms. The second-order valence-corrected chi connectivity index (χ2v) is 3.62. The van der Waals surface area contributed by atoms with Crippen molar-refractivity contribution in [2.45, 2.75) is 19.8 Å². The summed E-state index contributed by atoms with van der Waals surface area (Å²) in [5.74, 6) is -0.189. The van der Waals surface area contributed by atoms with Crippen molar-refractivity contribution in [3.05, 3.63) is 46.8 Å². The zero-order chi connectivity index (χ0) is 9.84. The summed E-state index contributed by atoms with van der Waals surface area (Å²) in [6.45, 7) is 5.51. The molecule has 0 aromatic heterocycles. The third-order valence-corrected chi connectivity index (χ3v) is 2.16. The molecule has 0 radical (unpaired) electrons. The van der Waals surface area contributed by atoms with Crippen LogP contribution >= 0.6 is 11.6 Å². The summed E-state index contributed by atoms with van der Waals surface area (Å²) < 4.78 is 12.7. The summed E-state index contributed by atoms with van der Waals surface area (Å²) in [7, 11) is 0.